The third-order valence-electron chi connectivity index (χ3n) is 23.5. The Morgan fingerprint density at radius 3 is 1.34 bits per heavy atom. The Balaban J connectivity index is 0.896. The van der Waals surface area contributed by atoms with E-state index in [4.69, 9.17) is 9.47 Å². The van der Waals surface area contributed by atoms with Crippen molar-refractivity contribution in [2.24, 2.45) is 0 Å². The molecule has 9 heteroatoms. The molecule has 456 valence electrons. The molecular weight excluding hydrogens is 1130 g/mol. The summed E-state index contributed by atoms with van der Waals surface area (Å²) in [5.74, 6) is 5.35. The Labute approximate surface area is 550 Å². The molecule has 9 aliphatic rings. The molecule has 19 rings (SSSR count). The van der Waals surface area contributed by atoms with Gasteiger partial charge in [0.25, 0.3) is 20.1 Å². The highest BCUT2D eigenvalue weighted by Crippen LogP contribution is 2.52. The summed E-state index contributed by atoms with van der Waals surface area (Å²) in [7, 11) is 0. The van der Waals surface area contributed by atoms with E-state index in [2.05, 4.69) is 225 Å². The van der Waals surface area contributed by atoms with E-state index in [0.29, 0.717) is 17.8 Å². The molecule has 10 aromatic rings. The molecule has 0 saturated heterocycles. The molecule has 3 saturated carbocycles. The van der Waals surface area contributed by atoms with E-state index in [0.717, 1.165) is 23.0 Å². The summed E-state index contributed by atoms with van der Waals surface area (Å²) in [6.07, 6.45) is 18.8. The maximum absolute atomic E-state index is 7.94. The zero-order chi connectivity index (χ0) is 62.1. The van der Waals surface area contributed by atoms with Gasteiger partial charge in [-0.15, -0.1) is 0 Å². The molecule has 3 aliphatic carbocycles. The summed E-state index contributed by atoms with van der Waals surface area (Å²) in [6.45, 7) is 13.6. The van der Waals surface area contributed by atoms with Crippen LogP contribution in [0.25, 0.3) is 0 Å². The van der Waals surface area contributed by atoms with Crippen LogP contribution in [-0.2, 0) is 0 Å². The number of ether oxygens (including phenoxy) is 2. The van der Waals surface area contributed by atoms with Gasteiger partial charge in [-0.05, 0) is 253 Å². The zero-order valence-electron chi connectivity index (χ0n) is 54.8. The van der Waals surface area contributed by atoms with Crippen LogP contribution in [0, 0.1) is 41.5 Å². The first-order valence-electron chi connectivity index (χ1n) is 35.4. The monoisotopic (exact) mass is 1210 g/mol. The first-order chi connectivity index (χ1) is 45.6. The van der Waals surface area contributed by atoms with Crippen molar-refractivity contribution in [3.05, 3.63) is 214 Å². The minimum Gasteiger partial charge on any atom is -0.458 e. The molecule has 0 radical (unpaired) electrons. The van der Waals surface area contributed by atoms with Crippen molar-refractivity contribution in [1.29, 1.82) is 0 Å². The Morgan fingerprint density at radius 1 is 0.323 bits per heavy atom. The second-order valence-electron chi connectivity index (χ2n) is 29.4. The second kappa shape index (κ2) is 21.4. The fraction of sp³-hybridized carbons (Fsp3) is 0.286. The molecule has 93 heavy (non-hydrogen) atoms. The zero-order valence-corrected chi connectivity index (χ0v) is 54.8. The third-order valence-corrected chi connectivity index (χ3v) is 23.5. The number of para-hydroxylation sites is 3. The summed E-state index contributed by atoms with van der Waals surface area (Å²) in [4.78, 5) is 7.93. The number of nitrogens with one attached hydrogen (secondary N) is 1. The molecule has 0 bridgehead atoms. The first-order valence-corrected chi connectivity index (χ1v) is 35.4. The molecule has 0 atom stereocenters. The Kier molecular flexibility index (Phi) is 12.8. The van der Waals surface area contributed by atoms with Crippen LogP contribution >= 0.6 is 0 Å². The van der Waals surface area contributed by atoms with Gasteiger partial charge >= 0.3 is 0 Å². The lowest BCUT2D eigenvalue weighted by molar-refractivity contribution is 0.440. The average Bonchev–Trinajstić information content (AvgIpc) is 0.693. The van der Waals surface area contributed by atoms with E-state index >= 15 is 0 Å². The molecule has 6 nitrogen and oxygen atoms in total. The lowest BCUT2D eigenvalue weighted by Crippen LogP contribution is -2.65. The van der Waals surface area contributed by atoms with E-state index in [1.54, 1.807) is 0 Å². The maximum Gasteiger partial charge on any atom is 0.256 e. The van der Waals surface area contributed by atoms with Crippen molar-refractivity contribution >= 4 is 132 Å². The number of hydrogen-bond acceptors (Lipinski definition) is 6. The van der Waals surface area contributed by atoms with Gasteiger partial charge in [-0.2, -0.15) is 0 Å². The number of aryl methyl sites for hydroxylation is 6. The fourth-order valence-corrected chi connectivity index (χ4v) is 19.7. The van der Waals surface area contributed by atoms with Gasteiger partial charge in [-0.1, -0.05) is 160 Å². The van der Waals surface area contributed by atoms with E-state index in [-0.39, 0.29) is 20.1 Å². The van der Waals surface area contributed by atoms with Gasteiger partial charge in [0.2, 0.25) is 0 Å². The summed E-state index contributed by atoms with van der Waals surface area (Å²) in [6, 6.07) is 64.7. The summed E-state index contributed by atoms with van der Waals surface area (Å²) < 4.78 is 15.2. The molecule has 10 aromatic carbocycles. The van der Waals surface area contributed by atoms with Crippen molar-refractivity contribution in [3.63, 3.8) is 0 Å². The molecule has 3 fully saturated rings. The normalized spacial score (nSPS) is 17.4. The predicted octanol–water partition coefficient (Wildman–Crippen LogP) is 16.8. The minimum absolute atomic E-state index is 0.0245. The van der Waals surface area contributed by atoms with Gasteiger partial charge in [-0.3, -0.25) is 0 Å². The predicted molar refractivity (Wildman–Crippen MR) is 393 cm³/mol. The highest BCUT2D eigenvalue weighted by Gasteiger charge is 2.50. The lowest BCUT2D eigenvalue weighted by Gasteiger charge is -2.45. The Hall–Kier alpha value is -8.81. The van der Waals surface area contributed by atoms with E-state index in [1.807, 2.05) is 0 Å². The van der Waals surface area contributed by atoms with Crippen molar-refractivity contribution in [1.82, 2.24) is 0 Å². The van der Waals surface area contributed by atoms with Crippen LogP contribution in [-0.4, -0.2) is 20.1 Å². The van der Waals surface area contributed by atoms with Crippen LogP contribution in [0.1, 0.15) is 164 Å². The smallest absolute Gasteiger partial charge is 0.256 e. The highest BCUT2D eigenvalue weighted by molar-refractivity contribution is 7.04. The number of anilines is 11. The van der Waals surface area contributed by atoms with Gasteiger partial charge in [-0.25, -0.2) is 0 Å². The van der Waals surface area contributed by atoms with Crippen LogP contribution < -0.4 is 78.7 Å². The summed E-state index contributed by atoms with van der Waals surface area (Å²) in [5.41, 5.74) is 37.1. The van der Waals surface area contributed by atoms with E-state index in [1.165, 1.54) is 258 Å². The molecule has 0 spiro atoms. The molecule has 6 aliphatic heterocycles. The quantitative estimate of drug-likeness (QED) is 0.167. The highest BCUT2D eigenvalue weighted by atomic mass is 16.5. The van der Waals surface area contributed by atoms with Gasteiger partial charge in [0.1, 0.15) is 23.0 Å². The van der Waals surface area contributed by atoms with Gasteiger partial charge < -0.3 is 29.5 Å². The number of benzene rings is 10. The topological polar surface area (TPSA) is 40.2 Å². The van der Waals surface area contributed by atoms with Crippen LogP contribution in [0.3, 0.4) is 0 Å². The molecule has 0 aromatic heterocycles. The van der Waals surface area contributed by atoms with Crippen LogP contribution in [0.5, 0.6) is 23.0 Å². The number of nitrogens with zero attached hydrogens (tertiary/aromatic N) is 3. The van der Waals surface area contributed by atoms with Crippen molar-refractivity contribution in [3.8, 4) is 23.0 Å². The van der Waals surface area contributed by atoms with Crippen molar-refractivity contribution in [2.45, 2.75) is 156 Å². The largest absolute Gasteiger partial charge is 0.458 e. The average molecular weight is 1210 g/mol. The van der Waals surface area contributed by atoms with Crippen molar-refractivity contribution in [2.75, 3.05) is 20.0 Å². The number of rotatable bonds is 6. The van der Waals surface area contributed by atoms with Gasteiger partial charge in [0, 0.05) is 57.3 Å². The van der Waals surface area contributed by atoms with Crippen LogP contribution in [0.15, 0.2) is 164 Å². The molecule has 0 unspecified atom stereocenters. The number of fused-ring (bicyclic) bond motifs is 12. The third kappa shape index (κ3) is 8.56. The van der Waals surface area contributed by atoms with Crippen LogP contribution in [0.2, 0.25) is 0 Å². The SMILES string of the molecule is Cc1cc(C)c(N2c3cc4c(cc3B3c5cc6c(cc5Oc5cc(C7CCCCC7)cc2c53)N(c2c(C)cc(C)cc2C)c2cc(C3CCCCC3)cc3c2B6c2ccccc2O3)B2c3ccccc3N(c3ccccc3)c3cc(C5CCCCC5)cc(c32)N4)c(C)c1. The standard InChI is InChI=1S/C84H79B3N4O2/c1-49-35-51(3)83(52(4)36-49)90-71-47-68-64(85-62-31-19-21-33-70(62)89(61-29-17-10-18-30-61)73-40-58(39-69(88-68)80(73)85)55-23-11-7-12-24-55)45-65(71)87-67-46-66-72(48-77(67)93-79-44-60(42-75(90)82(79)87)57-27-15-9-16-28-57)91(84-53(5)37-50(2)38-54(84)6)74-41-59(56-25-13-8-14-26-56)43-78-81(74)86(66)63-32-20-22-34-76(63)92-78/h10,17-22,29-48,55-57,88H,7-9,11-16,23-28H2,1-6H3. The van der Waals surface area contributed by atoms with Crippen LogP contribution in [0.4, 0.5) is 62.6 Å². The van der Waals surface area contributed by atoms with E-state index in [9.17, 15) is 0 Å². The molecular formula is C84H79B3N4O2. The molecule has 1 N–H and O–H groups in total. The fourth-order valence-electron chi connectivity index (χ4n) is 19.7. The Bertz CT molecular complexity index is 4760. The first kappa shape index (κ1) is 55.8. The lowest BCUT2D eigenvalue weighted by atomic mass is 9.29. The summed E-state index contributed by atoms with van der Waals surface area (Å²) >= 11 is 0. The van der Waals surface area contributed by atoms with Gasteiger partial charge in [0.05, 0.1) is 11.4 Å². The van der Waals surface area contributed by atoms with E-state index < -0.39 is 0 Å². The molecule has 6 heterocycles. The second-order valence-corrected chi connectivity index (χ2v) is 29.4. The van der Waals surface area contributed by atoms with Crippen molar-refractivity contribution < 1.29 is 9.47 Å². The molecule has 0 amide bonds. The summed E-state index contributed by atoms with van der Waals surface area (Å²) in [5, 5.41) is 4.33. The van der Waals surface area contributed by atoms with Gasteiger partial charge in [0.15, 0.2) is 0 Å². The Morgan fingerprint density at radius 2 is 0.774 bits per heavy atom. The maximum atomic E-state index is 7.94. The minimum atomic E-state index is -0.165. The number of hydrogen-bond donors (Lipinski definition) is 1.